The van der Waals surface area contributed by atoms with Crippen LogP contribution in [0.3, 0.4) is 0 Å². The zero-order valence-corrected chi connectivity index (χ0v) is 20.1. The summed E-state index contributed by atoms with van der Waals surface area (Å²) in [4.78, 5) is 0. The van der Waals surface area contributed by atoms with E-state index in [0.717, 1.165) is 28.3 Å². The number of rotatable bonds is 1. The molecule has 3 heteroatoms. The quantitative estimate of drug-likeness (QED) is 0.226. The number of benzene rings is 5. The molecule has 8 rings (SSSR count). The van der Waals surface area contributed by atoms with Gasteiger partial charge in [0.2, 0.25) is 11.3 Å². The fourth-order valence-electron chi connectivity index (χ4n) is 6.19. The molecular formula is C33H23N2O+. The molecule has 36 heavy (non-hydrogen) atoms. The number of para-hydroxylation sites is 3. The van der Waals surface area contributed by atoms with E-state index in [1.54, 1.807) is 0 Å². The number of ether oxygens (including phenoxy) is 1. The fourth-order valence-corrected chi connectivity index (χ4v) is 6.19. The topological polar surface area (TPSA) is 18.0 Å². The van der Waals surface area contributed by atoms with Gasteiger partial charge in [0.15, 0.2) is 0 Å². The maximum absolute atomic E-state index is 6.90. The summed E-state index contributed by atoms with van der Waals surface area (Å²) in [6, 6.07) is 36.8. The van der Waals surface area contributed by atoms with Crippen LogP contribution < -0.4 is 9.30 Å². The van der Waals surface area contributed by atoms with E-state index in [2.05, 4.69) is 126 Å². The molecule has 0 spiro atoms. The van der Waals surface area contributed by atoms with Crippen LogP contribution in [0.2, 0.25) is 0 Å². The molecule has 0 atom stereocenters. The molecule has 5 aromatic carbocycles. The third-order valence-corrected chi connectivity index (χ3v) is 7.75. The van der Waals surface area contributed by atoms with Crippen LogP contribution in [0.5, 0.6) is 11.5 Å². The Kier molecular flexibility index (Phi) is 3.80. The second kappa shape index (κ2) is 6.96. The van der Waals surface area contributed by atoms with Crippen LogP contribution in [0.15, 0.2) is 103 Å². The predicted octanol–water partition coefficient (Wildman–Crippen LogP) is 8.00. The van der Waals surface area contributed by atoms with Crippen molar-refractivity contribution in [2.45, 2.75) is 6.92 Å². The SMILES string of the molecule is Cc1ccc2cccc3c2c1-c1c(c(-n2c4ccccc4c4ccccc42)c2ccccc2[n+]1C)O3. The summed E-state index contributed by atoms with van der Waals surface area (Å²) in [5, 5.41) is 6.03. The number of aryl methyl sites for hydroxylation is 2. The minimum atomic E-state index is 0.900. The molecule has 0 bridgehead atoms. The van der Waals surface area contributed by atoms with Gasteiger partial charge in [0, 0.05) is 22.2 Å². The molecule has 0 amide bonds. The Morgan fingerprint density at radius 2 is 1.33 bits per heavy atom. The molecule has 170 valence electrons. The molecule has 0 N–H and O–H groups in total. The second-order valence-electron chi connectivity index (χ2n) is 9.69. The van der Waals surface area contributed by atoms with Gasteiger partial charge >= 0.3 is 0 Å². The molecule has 0 saturated carbocycles. The van der Waals surface area contributed by atoms with Crippen LogP contribution in [-0.2, 0) is 7.05 Å². The van der Waals surface area contributed by atoms with E-state index in [1.807, 2.05) is 0 Å². The van der Waals surface area contributed by atoms with Crippen molar-refractivity contribution in [3.63, 3.8) is 0 Å². The lowest BCUT2D eigenvalue weighted by Gasteiger charge is -2.24. The summed E-state index contributed by atoms with van der Waals surface area (Å²) in [5.74, 6) is 1.81. The Balaban J connectivity index is 1.65. The van der Waals surface area contributed by atoms with Crippen molar-refractivity contribution >= 4 is 43.5 Å². The first-order valence-corrected chi connectivity index (χ1v) is 12.4. The lowest BCUT2D eigenvalue weighted by atomic mass is 9.92. The first-order chi connectivity index (χ1) is 17.7. The molecule has 2 aromatic heterocycles. The summed E-state index contributed by atoms with van der Waals surface area (Å²) in [7, 11) is 2.16. The minimum absolute atomic E-state index is 0.900. The molecule has 3 heterocycles. The maximum atomic E-state index is 6.90. The third-order valence-electron chi connectivity index (χ3n) is 7.75. The van der Waals surface area contributed by atoms with Crippen molar-refractivity contribution in [2.75, 3.05) is 0 Å². The van der Waals surface area contributed by atoms with Crippen molar-refractivity contribution in [3.05, 3.63) is 109 Å². The van der Waals surface area contributed by atoms with Crippen LogP contribution in [0.4, 0.5) is 0 Å². The number of fused-ring (bicyclic) bond motifs is 6. The van der Waals surface area contributed by atoms with Gasteiger partial charge in [-0.1, -0.05) is 72.8 Å². The Bertz CT molecular complexity index is 1990. The molecule has 1 aliphatic rings. The predicted molar refractivity (Wildman–Crippen MR) is 147 cm³/mol. The van der Waals surface area contributed by atoms with Crippen LogP contribution in [0.25, 0.3) is 60.4 Å². The molecule has 0 aliphatic carbocycles. The maximum Gasteiger partial charge on any atom is 0.259 e. The molecule has 0 unspecified atom stereocenters. The number of nitrogens with zero attached hydrogens (tertiary/aromatic N) is 2. The minimum Gasteiger partial charge on any atom is -0.447 e. The fraction of sp³-hybridized carbons (Fsp3) is 0.0606. The summed E-state index contributed by atoms with van der Waals surface area (Å²) < 4.78 is 11.6. The van der Waals surface area contributed by atoms with Gasteiger partial charge in [-0.25, -0.2) is 0 Å². The molecule has 0 fully saturated rings. The monoisotopic (exact) mass is 463 g/mol. The normalized spacial score (nSPS) is 12.4. The third kappa shape index (κ3) is 2.39. The van der Waals surface area contributed by atoms with Crippen LogP contribution in [-0.4, -0.2) is 4.57 Å². The highest BCUT2D eigenvalue weighted by Gasteiger charge is 2.35. The van der Waals surface area contributed by atoms with E-state index >= 15 is 0 Å². The van der Waals surface area contributed by atoms with Crippen molar-refractivity contribution in [1.29, 1.82) is 0 Å². The highest BCUT2D eigenvalue weighted by atomic mass is 16.5. The zero-order valence-electron chi connectivity index (χ0n) is 20.1. The molecule has 0 radical (unpaired) electrons. The zero-order chi connectivity index (χ0) is 24.0. The largest absolute Gasteiger partial charge is 0.447 e. The van der Waals surface area contributed by atoms with Gasteiger partial charge in [0.05, 0.1) is 22.0 Å². The van der Waals surface area contributed by atoms with E-state index in [9.17, 15) is 0 Å². The average Bonchev–Trinajstić information content (AvgIpc) is 3.25. The molecule has 0 saturated heterocycles. The van der Waals surface area contributed by atoms with E-state index < -0.39 is 0 Å². The molecular weight excluding hydrogens is 440 g/mol. The highest BCUT2D eigenvalue weighted by Crippen LogP contribution is 2.51. The number of pyridine rings is 1. The van der Waals surface area contributed by atoms with Gasteiger partial charge in [-0.05, 0) is 42.1 Å². The lowest BCUT2D eigenvalue weighted by molar-refractivity contribution is -0.633. The van der Waals surface area contributed by atoms with E-state index in [-0.39, 0.29) is 0 Å². The van der Waals surface area contributed by atoms with Crippen LogP contribution >= 0.6 is 0 Å². The van der Waals surface area contributed by atoms with Crippen molar-refractivity contribution in [2.24, 2.45) is 7.05 Å². The summed E-state index contributed by atoms with van der Waals surface area (Å²) in [5.41, 5.74) is 8.23. The second-order valence-corrected chi connectivity index (χ2v) is 9.69. The van der Waals surface area contributed by atoms with Crippen molar-refractivity contribution in [3.8, 4) is 28.4 Å². The molecule has 7 aromatic rings. The number of aromatic nitrogens is 2. The lowest BCUT2D eigenvalue weighted by Crippen LogP contribution is -2.34. The van der Waals surface area contributed by atoms with E-state index in [4.69, 9.17) is 4.74 Å². The number of hydrogen-bond acceptors (Lipinski definition) is 1. The Labute approximate surface area is 208 Å². The van der Waals surface area contributed by atoms with Crippen LogP contribution in [0, 0.1) is 6.92 Å². The van der Waals surface area contributed by atoms with Crippen LogP contribution in [0.1, 0.15) is 5.56 Å². The molecule has 3 nitrogen and oxygen atoms in total. The van der Waals surface area contributed by atoms with Gasteiger partial charge < -0.3 is 9.30 Å². The summed E-state index contributed by atoms with van der Waals surface area (Å²) in [6.07, 6.45) is 0. The Morgan fingerprint density at radius 3 is 2.08 bits per heavy atom. The van der Waals surface area contributed by atoms with Gasteiger partial charge in [0.25, 0.3) is 5.69 Å². The van der Waals surface area contributed by atoms with Crippen molar-refractivity contribution < 1.29 is 9.30 Å². The first-order valence-electron chi connectivity index (χ1n) is 12.4. The smallest absolute Gasteiger partial charge is 0.259 e. The van der Waals surface area contributed by atoms with E-state index in [1.165, 1.54) is 49.2 Å². The van der Waals surface area contributed by atoms with Gasteiger partial charge in [-0.15, -0.1) is 0 Å². The highest BCUT2D eigenvalue weighted by molar-refractivity contribution is 6.12. The van der Waals surface area contributed by atoms with Crippen molar-refractivity contribution in [1.82, 2.24) is 4.57 Å². The van der Waals surface area contributed by atoms with Gasteiger partial charge in [-0.2, -0.15) is 4.57 Å². The van der Waals surface area contributed by atoms with Gasteiger partial charge in [-0.3, -0.25) is 0 Å². The van der Waals surface area contributed by atoms with E-state index in [0.29, 0.717) is 0 Å². The Hall–Kier alpha value is -4.63. The van der Waals surface area contributed by atoms with Gasteiger partial charge in [0.1, 0.15) is 18.5 Å². The standard InChI is InChI=1S/C33H23N2O/c1-20-18-19-21-10-9-17-28-30(21)29(20)32-33(36-28)31(24-13-5-6-14-25(24)34(32)2)35-26-15-7-3-11-22(26)23-12-4-8-16-27(23)35/h3-19H,1-2H3/q+1. The summed E-state index contributed by atoms with van der Waals surface area (Å²) in [6.45, 7) is 2.20. The first kappa shape index (κ1) is 19.7. The molecule has 1 aliphatic heterocycles. The Morgan fingerprint density at radius 1 is 0.667 bits per heavy atom. The average molecular weight is 464 g/mol. The summed E-state index contributed by atoms with van der Waals surface area (Å²) >= 11 is 0. The number of hydrogen-bond donors (Lipinski definition) is 0.